The van der Waals surface area contributed by atoms with Crippen LogP contribution in [0.5, 0.6) is 0 Å². The number of aromatic nitrogens is 2. The average Bonchev–Trinajstić information content (AvgIpc) is 2.74. The molecule has 2 heterocycles. The minimum Gasteiger partial charge on any atom is -0.363 e. The molecule has 0 aliphatic carbocycles. The molecular weight excluding hydrogens is 225 g/mol. The van der Waals surface area contributed by atoms with E-state index in [1.807, 2.05) is 6.20 Å². The van der Waals surface area contributed by atoms with Crippen molar-refractivity contribution < 1.29 is 4.39 Å². The summed E-state index contributed by atoms with van der Waals surface area (Å²) in [5.41, 5.74) is 0. The van der Waals surface area contributed by atoms with Crippen molar-refractivity contribution in [3.63, 3.8) is 0 Å². The number of pyridine rings is 1. The molecule has 0 atom stereocenters. The number of thiazole rings is 1. The van der Waals surface area contributed by atoms with Crippen LogP contribution in [0, 0.1) is 5.95 Å². The van der Waals surface area contributed by atoms with Gasteiger partial charge in [0.05, 0.1) is 6.54 Å². The Kier molecular flexibility index (Phi) is 3.46. The lowest BCUT2D eigenvalue weighted by molar-refractivity contribution is 0.585. The van der Waals surface area contributed by atoms with Gasteiger partial charge in [-0.2, -0.15) is 4.39 Å². The van der Waals surface area contributed by atoms with E-state index >= 15 is 0 Å². The first-order valence-corrected chi connectivity index (χ1v) is 5.89. The Bertz CT molecular complexity index is 470. The van der Waals surface area contributed by atoms with E-state index in [0.29, 0.717) is 12.4 Å². The fourth-order valence-electron chi connectivity index (χ4n) is 1.27. The van der Waals surface area contributed by atoms with Crippen LogP contribution in [0.2, 0.25) is 0 Å². The molecule has 84 valence electrons. The van der Waals surface area contributed by atoms with Crippen LogP contribution in [0.1, 0.15) is 16.8 Å². The Morgan fingerprint density at radius 3 is 3.00 bits per heavy atom. The van der Waals surface area contributed by atoms with Gasteiger partial charge < -0.3 is 5.32 Å². The zero-order chi connectivity index (χ0) is 11.4. The van der Waals surface area contributed by atoms with E-state index in [1.165, 1.54) is 10.9 Å². The van der Waals surface area contributed by atoms with Crippen molar-refractivity contribution >= 4 is 17.2 Å². The van der Waals surface area contributed by atoms with Gasteiger partial charge in [-0.3, -0.25) is 0 Å². The maximum absolute atomic E-state index is 12.8. The van der Waals surface area contributed by atoms with Gasteiger partial charge in [0, 0.05) is 11.1 Å². The molecule has 2 aromatic heterocycles. The minimum atomic E-state index is -0.474. The molecule has 16 heavy (non-hydrogen) atoms. The van der Waals surface area contributed by atoms with Gasteiger partial charge in [-0.25, -0.2) is 9.97 Å². The van der Waals surface area contributed by atoms with Crippen molar-refractivity contribution in [2.45, 2.75) is 19.9 Å². The molecule has 0 unspecified atom stereocenters. The molecule has 1 N–H and O–H groups in total. The van der Waals surface area contributed by atoms with Gasteiger partial charge in [-0.15, -0.1) is 11.3 Å². The van der Waals surface area contributed by atoms with Crippen LogP contribution in [0.25, 0.3) is 0 Å². The second-order valence-electron chi connectivity index (χ2n) is 3.27. The molecule has 0 amide bonds. The van der Waals surface area contributed by atoms with Gasteiger partial charge in [0.1, 0.15) is 10.8 Å². The molecule has 0 aromatic carbocycles. The normalized spacial score (nSPS) is 10.4. The Hall–Kier alpha value is -1.49. The van der Waals surface area contributed by atoms with Crippen molar-refractivity contribution in [3.05, 3.63) is 40.2 Å². The SMILES string of the molecule is CCc1cnc(CNc2cccc(F)n2)s1. The highest BCUT2D eigenvalue weighted by atomic mass is 32.1. The predicted molar refractivity (Wildman–Crippen MR) is 63.0 cm³/mol. The number of nitrogens with zero attached hydrogens (tertiary/aromatic N) is 2. The smallest absolute Gasteiger partial charge is 0.214 e. The maximum Gasteiger partial charge on any atom is 0.214 e. The number of hydrogen-bond donors (Lipinski definition) is 1. The van der Waals surface area contributed by atoms with Gasteiger partial charge >= 0.3 is 0 Å². The van der Waals surface area contributed by atoms with Crippen LogP contribution in [0.3, 0.4) is 0 Å². The van der Waals surface area contributed by atoms with Gasteiger partial charge in [0.2, 0.25) is 5.95 Å². The number of hydrogen-bond acceptors (Lipinski definition) is 4. The summed E-state index contributed by atoms with van der Waals surface area (Å²) in [6.07, 6.45) is 2.87. The summed E-state index contributed by atoms with van der Waals surface area (Å²) < 4.78 is 12.8. The third-order valence-electron chi connectivity index (χ3n) is 2.09. The summed E-state index contributed by atoms with van der Waals surface area (Å²) in [4.78, 5) is 9.23. The molecule has 0 aliphatic heterocycles. The number of aryl methyl sites for hydroxylation is 1. The molecule has 5 heteroatoms. The highest BCUT2D eigenvalue weighted by Crippen LogP contribution is 2.14. The van der Waals surface area contributed by atoms with Crippen LogP contribution in [-0.2, 0) is 13.0 Å². The fraction of sp³-hybridized carbons (Fsp3) is 0.273. The highest BCUT2D eigenvalue weighted by Gasteiger charge is 2.01. The van der Waals surface area contributed by atoms with E-state index in [-0.39, 0.29) is 0 Å². The largest absolute Gasteiger partial charge is 0.363 e. The minimum absolute atomic E-state index is 0.474. The van der Waals surface area contributed by atoms with E-state index in [4.69, 9.17) is 0 Å². The van der Waals surface area contributed by atoms with E-state index in [1.54, 1.807) is 23.5 Å². The van der Waals surface area contributed by atoms with Crippen molar-refractivity contribution in [2.75, 3.05) is 5.32 Å². The van der Waals surface area contributed by atoms with E-state index in [9.17, 15) is 4.39 Å². The third-order valence-corrected chi connectivity index (χ3v) is 3.23. The third kappa shape index (κ3) is 2.76. The molecule has 0 saturated carbocycles. The first-order valence-electron chi connectivity index (χ1n) is 5.08. The Balaban J connectivity index is 1.96. The fourth-order valence-corrected chi connectivity index (χ4v) is 2.07. The second kappa shape index (κ2) is 5.03. The van der Waals surface area contributed by atoms with Crippen LogP contribution >= 0.6 is 11.3 Å². The molecule has 2 rings (SSSR count). The van der Waals surface area contributed by atoms with Gasteiger partial charge in [0.25, 0.3) is 0 Å². The van der Waals surface area contributed by atoms with Gasteiger partial charge in [-0.05, 0) is 18.6 Å². The van der Waals surface area contributed by atoms with Crippen molar-refractivity contribution in [2.24, 2.45) is 0 Å². The number of rotatable bonds is 4. The molecule has 0 fully saturated rings. The standard InChI is InChI=1S/C11H12FN3S/c1-2-8-6-14-11(16-8)7-13-10-5-3-4-9(12)15-10/h3-6H,2,7H2,1H3,(H,13,15). The first kappa shape index (κ1) is 11.0. The quantitative estimate of drug-likeness (QED) is 0.831. The van der Waals surface area contributed by atoms with Crippen LogP contribution in [-0.4, -0.2) is 9.97 Å². The van der Waals surface area contributed by atoms with Crippen molar-refractivity contribution in [1.82, 2.24) is 9.97 Å². The zero-order valence-corrected chi connectivity index (χ0v) is 9.72. The summed E-state index contributed by atoms with van der Waals surface area (Å²) in [7, 11) is 0. The molecule has 2 aromatic rings. The topological polar surface area (TPSA) is 37.8 Å². The molecule has 0 spiro atoms. The van der Waals surface area contributed by atoms with Gasteiger partial charge in [-0.1, -0.05) is 13.0 Å². The Labute approximate surface area is 97.4 Å². The van der Waals surface area contributed by atoms with Crippen molar-refractivity contribution in [3.8, 4) is 0 Å². The monoisotopic (exact) mass is 237 g/mol. The number of halogens is 1. The molecule has 0 bridgehead atoms. The molecule has 0 aliphatic rings. The second-order valence-corrected chi connectivity index (χ2v) is 4.47. The van der Waals surface area contributed by atoms with E-state index < -0.39 is 5.95 Å². The lowest BCUT2D eigenvalue weighted by Crippen LogP contribution is -2.01. The van der Waals surface area contributed by atoms with Crippen molar-refractivity contribution in [1.29, 1.82) is 0 Å². The lowest BCUT2D eigenvalue weighted by Gasteiger charge is -2.02. The molecular formula is C11H12FN3S. The summed E-state index contributed by atoms with van der Waals surface area (Å²) in [5, 5.41) is 4.02. The van der Waals surface area contributed by atoms with Gasteiger partial charge in [0.15, 0.2) is 0 Å². The summed E-state index contributed by atoms with van der Waals surface area (Å²) in [6, 6.07) is 4.69. The molecule has 0 saturated heterocycles. The zero-order valence-electron chi connectivity index (χ0n) is 8.90. The number of anilines is 1. The summed E-state index contributed by atoms with van der Waals surface area (Å²) in [6.45, 7) is 2.68. The highest BCUT2D eigenvalue weighted by molar-refractivity contribution is 7.11. The number of nitrogens with one attached hydrogen (secondary N) is 1. The molecule has 3 nitrogen and oxygen atoms in total. The maximum atomic E-state index is 12.8. The predicted octanol–water partition coefficient (Wildman–Crippen LogP) is 2.85. The Morgan fingerprint density at radius 1 is 1.44 bits per heavy atom. The van der Waals surface area contributed by atoms with Crippen LogP contribution < -0.4 is 5.32 Å². The Morgan fingerprint density at radius 2 is 2.31 bits per heavy atom. The summed E-state index contributed by atoms with van der Waals surface area (Å²) in [5.74, 6) is 0.0617. The van der Waals surface area contributed by atoms with Crippen LogP contribution in [0.4, 0.5) is 10.2 Å². The molecule has 0 radical (unpaired) electrons. The first-order chi connectivity index (χ1) is 7.78. The average molecular weight is 237 g/mol. The van der Waals surface area contributed by atoms with E-state index in [2.05, 4.69) is 22.2 Å². The van der Waals surface area contributed by atoms with E-state index in [0.717, 1.165) is 11.4 Å². The summed E-state index contributed by atoms with van der Waals surface area (Å²) >= 11 is 1.66. The van der Waals surface area contributed by atoms with Crippen LogP contribution in [0.15, 0.2) is 24.4 Å². The lowest BCUT2D eigenvalue weighted by atomic mass is 10.4.